The number of hydrogen-bond donors (Lipinski definition) is 1. The van der Waals surface area contributed by atoms with E-state index in [4.69, 9.17) is 4.74 Å². The van der Waals surface area contributed by atoms with Gasteiger partial charge in [-0.1, -0.05) is 6.92 Å². The maximum absolute atomic E-state index is 5.31. The van der Waals surface area contributed by atoms with Gasteiger partial charge in [0.2, 0.25) is 0 Å². The molecule has 1 atom stereocenters. The Hall–Kier alpha value is 0.270. The zero-order valence-corrected chi connectivity index (χ0v) is 9.53. The van der Waals surface area contributed by atoms with Crippen molar-refractivity contribution in [2.75, 3.05) is 31.8 Å². The van der Waals surface area contributed by atoms with Crippen molar-refractivity contribution in [2.45, 2.75) is 25.8 Å². The van der Waals surface area contributed by atoms with E-state index in [1.165, 1.54) is 18.6 Å². The van der Waals surface area contributed by atoms with E-state index in [-0.39, 0.29) is 0 Å². The van der Waals surface area contributed by atoms with Gasteiger partial charge >= 0.3 is 0 Å². The molecule has 0 spiro atoms. The predicted octanol–water partition coefficient (Wildman–Crippen LogP) is 1.75. The first kappa shape index (κ1) is 11.3. The molecule has 0 aromatic heterocycles. The molecular formula is C10H21NOS. The molecule has 0 aromatic rings. The summed E-state index contributed by atoms with van der Waals surface area (Å²) >= 11 is 1.93. The molecule has 78 valence electrons. The van der Waals surface area contributed by atoms with E-state index in [2.05, 4.69) is 18.5 Å². The Morgan fingerprint density at radius 1 is 1.46 bits per heavy atom. The standard InChI is InChI=1S/C10H21NOS/c1-9(8-13-2)7-11-10-3-5-12-6-4-10/h9-11H,3-8H2,1-2H3. The Morgan fingerprint density at radius 2 is 2.15 bits per heavy atom. The summed E-state index contributed by atoms with van der Waals surface area (Å²) in [6.45, 7) is 5.34. The SMILES string of the molecule is CSCC(C)CNC1CCOCC1. The number of hydrogen-bond acceptors (Lipinski definition) is 3. The molecule has 1 fully saturated rings. The van der Waals surface area contributed by atoms with Crippen LogP contribution in [0.4, 0.5) is 0 Å². The van der Waals surface area contributed by atoms with Gasteiger partial charge in [-0.25, -0.2) is 0 Å². The Morgan fingerprint density at radius 3 is 2.77 bits per heavy atom. The van der Waals surface area contributed by atoms with Crippen LogP contribution in [0.2, 0.25) is 0 Å². The lowest BCUT2D eigenvalue weighted by Gasteiger charge is -2.24. The summed E-state index contributed by atoms with van der Waals surface area (Å²) in [4.78, 5) is 0. The van der Waals surface area contributed by atoms with Gasteiger partial charge in [0.05, 0.1) is 0 Å². The first-order valence-electron chi connectivity index (χ1n) is 5.13. The molecule has 1 aliphatic rings. The molecule has 3 heteroatoms. The summed E-state index contributed by atoms with van der Waals surface area (Å²) in [7, 11) is 0. The van der Waals surface area contributed by atoms with Crippen LogP contribution in [0.5, 0.6) is 0 Å². The van der Waals surface area contributed by atoms with Crippen LogP contribution < -0.4 is 5.32 Å². The topological polar surface area (TPSA) is 21.3 Å². The summed E-state index contributed by atoms with van der Waals surface area (Å²) in [5.41, 5.74) is 0. The molecule has 0 aromatic carbocycles. The average Bonchev–Trinajstić information content (AvgIpc) is 2.17. The Kier molecular flexibility index (Phi) is 5.83. The van der Waals surface area contributed by atoms with Gasteiger partial charge < -0.3 is 10.1 Å². The number of nitrogens with one attached hydrogen (secondary N) is 1. The van der Waals surface area contributed by atoms with Crippen molar-refractivity contribution in [1.82, 2.24) is 5.32 Å². The van der Waals surface area contributed by atoms with Gasteiger partial charge in [-0.15, -0.1) is 0 Å². The molecule has 0 radical (unpaired) electrons. The minimum atomic E-state index is 0.707. The van der Waals surface area contributed by atoms with Gasteiger partial charge in [0, 0.05) is 19.3 Å². The highest BCUT2D eigenvalue weighted by molar-refractivity contribution is 7.98. The number of rotatable bonds is 5. The highest BCUT2D eigenvalue weighted by atomic mass is 32.2. The molecule has 1 heterocycles. The molecule has 0 amide bonds. The van der Waals surface area contributed by atoms with E-state index < -0.39 is 0 Å². The molecular weight excluding hydrogens is 182 g/mol. The Bertz CT molecular complexity index is 126. The van der Waals surface area contributed by atoms with Crippen molar-refractivity contribution in [1.29, 1.82) is 0 Å². The second-order valence-corrected chi connectivity index (χ2v) is 4.77. The molecule has 1 saturated heterocycles. The largest absolute Gasteiger partial charge is 0.381 e. The smallest absolute Gasteiger partial charge is 0.0480 e. The van der Waals surface area contributed by atoms with Gasteiger partial charge in [0.25, 0.3) is 0 Å². The minimum absolute atomic E-state index is 0.707. The van der Waals surface area contributed by atoms with E-state index in [0.717, 1.165) is 25.7 Å². The average molecular weight is 203 g/mol. The Balaban J connectivity index is 2.03. The van der Waals surface area contributed by atoms with Crippen LogP contribution in [0.15, 0.2) is 0 Å². The van der Waals surface area contributed by atoms with Crippen LogP contribution in [0.3, 0.4) is 0 Å². The zero-order chi connectivity index (χ0) is 9.52. The van der Waals surface area contributed by atoms with E-state index in [9.17, 15) is 0 Å². The molecule has 0 bridgehead atoms. The zero-order valence-electron chi connectivity index (χ0n) is 8.71. The highest BCUT2D eigenvalue weighted by Gasteiger charge is 2.13. The summed E-state index contributed by atoms with van der Waals surface area (Å²) in [5, 5.41) is 3.61. The molecule has 2 nitrogen and oxygen atoms in total. The van der Waals surface area contributed by atoms with E-state index in [1.54, 1.807) is 0 Å². The molecule has 1 N–H and O–H groups in total. The molecule has 0 saturated carbocycles. The van der Waals surface area contributed by atoms with Crippen molar-refractivity contribution in [2.24, 2.45) is 5.92 Å². The highest BCUT2D eigenvalue weighted by Crippen LogP contribution is 2.08. The first-order chi connectivity index (χ1) is 6.33. The normalized spacial score (nSPS) is 21.7. The number of thioether (sulfide) groups is 1. The summed E-state index contributed by atoms with van der Waals surface area (Å²) in [6, 6.07) is 0.707. The monoisotopic (exact) mass is 203 g/mol. The summed E-state index contributed by atoms with van der Waals surface area (Å²) in [6.07, 6.45) is 4.54. The molecule has 1 unspecified atom stereocenters. The van der Waals surface area contributed by atoms with E-state index >= 15 is 0 Å². The van der Waals surface area contributed by atoms with Gasteiger partial charge in [0.1, 0.15) is 0 Å². The van der Waals surface area contributed by atoms with Crippen molar-refractivity contribution in [3.05, 3.63) is 0 Å². The number of ether oxygens (including phenoxy) is 1. The quantitative estimate of drug-likeness (QED) is 0.735. The summed E-state index contributed by atoms with van der Waals surface area (Å²) in [5.74, 6) is 2.05. The fourth-order valence-corrected chi connectivity index (χ4v) is 2.30. The van der Waals surface area contributed by atoms with E-state index in [1.807, 2.05) is 11.8 Å². The van der Waals surface area contributed by atoms with Gasteiger partial charge in [-0.2, -0.15) is 11.8 Å². The second-order valence-electron chi connectivity index (χ2n) is 3.86. The predicted molar refractivity (Wildman–Crippen MR) is 59.4 cm³/mol. The third kappa shape index (κ3) is 4.89. The molecule has 1 rings (SSSR count). The fourth-order valence-electron chi connectivity index (χ4n) is 1.61. The van der Waals surface area contributed by atoms with Crippen LogP contribution in [0.25, 0.3) is 0 Å². The lowest BCUT2D eigenvalue weighted by atomic mass is 10.1. The van der Waals surface area contributed by atoms with Gasteiger partial charge in [-0.3, -0.25) is 0 Å². The van der Waals surface area contributed by atoms with E-state index in [0.29, 0.717) is 6.04 Å². The van der Waals surface area contributed by atoms with Crippen molar-refractivity contribution < 1.29 is 4.74 Å². The molecule has 0 aliphatic carbocycles. The van der Waals surface area contributed by atoms with Crippen LogP contribution in [-0.4, -0.2) is 37.8 Å². The fraction of sp³-hybridized carbons (Fsp3) is 1.00. The van der Waals surface area contributed by atoms with Crippen LogP contribution in [-0.2, 0) is 4.74 Å². The Labute approximate surface area is 85.8 Å². The lowest BCUT2D eigenvalue weighted by molar-refractivity contribution is 0.0773. The maximum atomic E-state index is 5.31. The maximum Gasteiger partial charge on any atom is 0.0480 e. The van der Waals surface area contributed by atoms with Crippen LogP contribution in [0.1, 0.15) is 19.8 Å². The summed E-state index contributed by atoms with van der Waals surface area (Å²) < 4.78 is 5.31. The van der Waals surface area contributed by atoms with Gasteiger partial charge in [-0.05, 0) is 37.3 Å². The minimum Gasteiger partial charge on any atom is -0.381 e. The van der Waals surface area contributed by atoms with Crippen molar-refractivity contribution >= 4 is 11.8 Å². The van der Waals surface area contributed by atoms with Crippen LogP contribution in [0, 0.1) is 5.92 Å². The second kappa shape index (κ2) is 6.68. The van der Waals surface area contributed by atoms with Crippen LogP contribution >= 0.6 is 11.8 Å². The first-order valence-corrected chi connectivity index (χ1v) is 6.52. The molecule has 13 heavy (non-hydrogen) atoms. The third-order valence-corrected chi connectivity index (χ3v) is 3.33. The van der Waals surface area contributed by atoms with Crippen molar-refractivity contribution in [3.63, 3.8) is 0 Å². The van der Waals surface area contributed by atoms with Crippen molar-refractivity contribution in [3.8, 4) is 0 Å². The van der Waals surface area contributed by atoms with Gasteiger partial charge in [0.15, 0.2) is 0 Å². The molecule has 1 aliphatic heterocycles. The third-order valence-electron chi connectivity index (χ3n) is 2.43. The lowest BCUT2D eigenvalue weighted by Crippen LogP contribution is -2.37.